The summed E-state index contributed by atoms with van der Waals surface area (Å²) < 4.78 is 5.38. The number of methoxy groups -OCH3 is 1. The van der Waals surface area contributed by atoms with Gasteiger partial charge in [-0.2, -0.15) is 15.0 Å². The molecule has 0 radical (unpaired) electrons. The monoisotopic (exact) mass is 419 g/mol. The molecule has 1 atom stereocenters. The fraction of sp³-hybridized carbons (Fsp3) is 0.474. The number of aromatic nitrogens is 3. The van der Waals surface area contributed by atoms with Gasteiger partial charge in [0, 0.05) is 37.6 Å². The molecule has 1 fully saturated rings. The highest BCUT2D eigenvalue weighted by atomic mass is 35.5. The highest BCUT2D eigenvalue weighted by molar-refractivity contribution is 6.30. The van der Waals surface area contributed by atoms with Crippen molar-refractivity contribution in [3.05, 3.63) is 28.8 Å². The number of halogens is 1. The molecule has 1 aromatic heterocycles. The lowest BCUT2D eigenvalue weighted by Crippen LogP contribution is -2.24. The Labute approximate surface area is 175 Å². The first-order chi connectivity index (χ1) is 14.1. The van der Waals surface area contributed by atoms with Crippen LogP contribution in [-0.4, -0.2) is 54.1 Å². The Morgan fingerprint density at radius 1 is 1.21 bits per heavy atom. The van der Waals surface area contributed by atoms with E-state index in [4.69, 9.17) is 16.3 Å². The molecule has 0 saturated carbocycles. The summed E-state index contributed by atoms with van der Waals surface area (Å²) in [6.07, 6.45) is 2.76. The van der Waals surface area contributed by atoms with E-state index in [2.05, 4.69) is 36.2 Å². The third kappa shape index (κ3) is 6.08. The van der Waals surface area contributed by atoms with Crippen LogP contribution in [0.15, 0.2) is 18.2 Å². The molecule has 29 heavy (non-hydrogen) atoms. The summed E-state index contributed by atoms with van der Waals surface area (Å²) in [6.45, 7) is 1.25. The summed E-state index contributed by atoms with van der Waals surface area (Å²) in [5, 5.41) is 13.0. The number of rotatable bonds is 8. The van der Waals surface area contributed by atoms with Gasteiger partial charge in [-0.25, -0.2) is 0 Å². The minimum Gasteiger partial charge on any atom is -0.496 e. The van der Waals surface area contributed by atoms with Crippen LogP contribution in [-0.2, 0) is 11.2 Å². The highest BCUT2D eigenvalue weighted by Crippen LogP contribution is 2.23. The molecule has 0 bridgehead atoms. The highest BCUT2D eigenvalue weighted by Gasteiger charge is 2.17. The molecule has 1 aliphatic rings. The van der Waals surface area contributed by atoms with Crippen molar-refractivity contribution in [1.82, 2.24) is 20.3 Å². The van der Waals surface area contributed by atoms with Gasteiger partial charge in [0.1, 0.15) is 5.75 Å². The number of nitrogens with one attached hydrogen (secondary N) is 4. The fourth-order valence-electron chi connectivity index (χ4n) is 3.13. The lowest BCUT2D eigenvalue weighted by molar-refractivity contribution is -0.120. The van der Waals surface area contributed by atoms with Gasteiger partial charge in [-0.1, -0.05) is 11.6 Å². The van der Waals surface area contributed by atoms with E-state index in [-0.39, 0.29) is 11.9 Å². The zero-order valence-corrected chi connectivity index (χ0v) is 17.3. The van der Waals surface area contributed by atoms with E-state index in [0.717, 1.165) is 24.2 Å². The molecule has 10 heteroatoms. The van der Waals surface area contributed by atoms with Gasteiger partial charge in [-0.15, -0.1) is 0 Å². The predicted molar refractivity (Wildman–Crippen MR) is 114 cm³/mol. The average Bonchev–Trinajstić information content (AvgIpc) is 2.92. The molecule has 0 spiro atoms. The summed E-state index contributed by atoms with van der Waals surface area (Å²) >= 11 is 6.09. The first kappa shape index (κ1) is 20.9. The molecule has 1 amide bonds. The van der Waals surface area contributed by atoms with E-state index in [1.165, 1.54) is 0 Å². The Bertz CT molecular complexity index is 849. The first-order valence-corrected chi connectivity index (χ1v) is 9.98. The van der Waals surface area contributed by atoms with Gasteiger partial charge in [0.15, 0.2) is 0 Å². The van der Waals surface area contributed by atoms with Crippen LogP contribution < -0.4 is 26.0 Å². The predicted octanol–water partition coefficient (Wildman–Crippen LogP) is 2.31. The van der Waals surface area contributed by atoms with Gasteiger partial charge in [0.05, 0.1) is 7.11 Å². The number of anilines is 3. The number of hydrogen-bond donors (Lipinski definition) is 4. The van der Waals surface area contributed by atoms with E-state index in [9.17, 15) is 4.79 Å². The largest absolute Gasteiger partial charge is 0.496 e. The number of nitrogens with zero attached hydrogens (tertiary/aromatic N) is 3. The second-order valence-electron chi connectivity index (χ2n) is 6.71. The minimum absolute atomic E-state index is 0.0830. The summed E-state index contributed by atoms with van der Waals surface area (Å²) in [4.78, 5) is 24.7. The Morgan fingerprint density at radius 2 is 2.00 bits per heavy atom. The lowest BCUT2D eigenvalue weighted by atomic mass is 10.1. The van der Waals surface area contributed by atoms with Crippen molar-refractivity contribution in [3.63, 3.8) is 0 Å². The van der Waals surface area contributed by atoms with Gasteiger partial charge in [0.25, 0.3) is 0 Å². The summed E-state index contributed by atoms with van der Waals surface area (Å²) in [5.74, 6) is 2.29. The molecule has 2 heterocycles. The van der Waals surface area contributed by atoms with E-state index >= 15 is 0 Å². The Balaban J connectivity index is 1.64. The second-order valence-corrected chi connectivity index (χ2v) is 7.14. The summed E-state index contributed by atoms with van der Waals surface area (Å²) in [5.41, 5.74) is 1.00. The van der Waals surface area contributed by atoms with Crippen LogP contribution in [0.3, 0.4) is 0 Å². The molecule has 0 aliphatic carbocycles. The molecular weight excluding hydrogens is 394 g/mol. The van der Waals surface area contributed by atoms with Crippen molar-refractivity contribution in [2.45, 2.75) is 31.7 Å². The normalized spacial score (nSPS) is 16.5. The zero-order valence-electron chi connectivity index (χ0n) is 16.6. The van der Waals surface area contributed by atoms with Gasteiger partial charge in [-0.05, 0) is 43.0 Å². The van der Waals surface area contributed by atoms with Crippen molar-refractivity contribution < 1.29 is 9.53 Å². The van der Waals surface area contributed by atoms with Gasteiger partial charge >= 0.3 is 0 Å². The van der Waals surface area contributed by atoms with Gasteiger partial charge in [-0.3, -0.25) is 4.79 Å². The molecular formula is C19H26ClN7O2. The van der Waals surface area contributed by atoms with E-state index in [0.29, 0.717) is 48.8 Å². The molecule has 4 N–H and O–H groups in total. The van der Waals surface area contributed by atoms with Crippen LogP contribution in [0.5, 0.6) is 5.75 Å². The van der Waals surface area contributed by atoms with Crippen LogP contribution in [0.4, 0.5) is 17.8 Å². The number of hydrogen-bond acceptors (Lipinski definition) is 8. The third-order valence-electron chi connectivity index (χ3n) is 4.65. The minimum atomic E-state index is 0.0830. The SMILES string of the molecule is CNc1nc(NCCc2cc(Cl)ccc2OC)nc(NC2CCNC(=O)CC2)n1. The summed E-state index contributed by atoms with van der Waals surface area (Å²) in [6, 6.07) is 5.68. The average molecular weight is 420 g/mol. The molecule has 2 aromatic rings. The lowest BCUT2D eigenvalue weighted by Gasteiger charge is -2.16. The second kappa shape index (κ2) is 10.1. The van der Waals surface area contributed by atoms with Crippen LogP contribution >= 0.6 is 11.6 Å². The van der Waals surface area contributed by atoms with Crippen molar-refractivity contribution in [2.24, 2.45) is 0 Å². The number of carbonyl (C=O) groups is 1. The van der Waals surface area contributed by atoms with Crippen molar-refractivity contribution in [1.29, 1.82) is 0 Å². The van der Waals surface area contributed by atoms with E-state index < -0.39 is 0 Å². The van der Waals surface area contributed by atoms with Crippen LogP contribution in [0.2, 0.25) is 5.02 Å². The molecule has 1 unspecified atom stereocenters. The number of carbonyl (C=O) groups excluding carboxylic acids is 1. The van der Waals surface area contributed by atoms with Gasteiger partial charge < -0.3 is 26.0 Å². The van der Waals surface area contributed by atoms with Crippen LogP contribution in [0, 0.1) is 0 Å². The number of benzene rings is 1. The summed E-state index contributed by atoms with van der Waals surface area (Å²) in [7, 11) is 3.40. The van der Waals surface area contributed by atoms with Crippen LogP contribution in [0.1, 0.15) is 24.8 Å². The van der Waals surface area contributed by atoms with Crippen molar-refractivity contribution in [3.8, 4) is 5.75 Å². The molecule has 9 nitrogen and oxygen atoms in total. The topological polar surface area (TPSA) is 113 Å². The fourth-order valence-corrected chi connectivity index (χ4v) is 3.33. The zero-order chi connectivity index (χ0) is 20.6. The maximum Gasteiger partial charge on any atom is 0.229 e. The maximum absolute atomic E-state index is 11.5. The van der Waals surface area contributed by atoms with Crippen molar-refractivity contribution >= 4 is 35.4 Å². The molecule has 156 valence electrons. The quantitative estimate of drug-likeness (QED) is 0.515. The number of amides is 1. The van der Waals surface area contributed by atoms with E-state index in [1.54, 1.807) is 20.2 Å². The Morgan fingerprint density at radius 3 is 2.79 bits per heavy atom. The molecule has 1 aliphatic heterocycles. The third-order valence-corrected chi connectivity index (χ3v) is 4.88. The standard InChI is InChI=1S/C19H26ClN7O2/c1-21-17-25-18(23-9-7-12-11-13(20)3-5-15(12)29-2)27-19(26-17)24-14-4-6-16(28)22-10-8-14/h3,5,11,14H,4,6-10H2,1-2H3,(H,22,28)(H3,21,23,24,25,26,27). The van der Waals surface area contributed by atoms with Crippen LogP contribution in [0.25, 0.3) is 0 Å². The molecule has 1 aromatic carbocycles. The van der Waals surface area contributed by atoms with E-state index in [1.807, 2.05) is 12.1 Å². The maximum atomic E-state index is 11.5. The van der Waals surface area contributed by atoms with Crippen molar-refractivity contribution in [2.75, 3.05) is 43.2 Å². The molecule has 1 saturated heterocycles. The number of ether oxygens (including phenoxy) is 1. The van der Waals surface area contributed by atoms with Gasteiger partial charge in [0.2, 0.25) is 23.8 Å². The Kier molecular flexibility index (Phi) is 7.29. The molecule has 3 rings (SSSR count). The Hall–Kier alpha value is -2.81. The first-order valence-electron chi connectivity index (χ1n) is 9.60. The smallest absolute Gasteiger partial charge is 0.229 e.